The van der Waals surface area contributed by atoms with Crippen LogP contribution >= 0.6 is 0 Å². The Morgan fingerprint density at radius 2 is 2.00 bits per heavy atom. The molecule has 1 aromatic heterocycles. The van der Waals surface area contributed by atoms with E-state index < -0.39 is 11.8 Å². The molecule has 0 fully saturated rings. The number of aromatic carboxylic acids is 1. The molecule has 0 radical (unpaired) electrons. The SMILES string of the molecule is CCN(CC)Cc1cc(F)c2oc(C(=O)O)c(C)c2c1. The van der Waals surface area contributed by atoms with E-state index >= 15 is 0 Å². The van der Waals surface area contributed by atoms with Crippen molar-refractivity contribution in [3.8, 4) is 0 Å². The van der Waals surface area contributed by atoms with Crippen molar-refractivity contribution in [3.05, 3.63) is 34.8 Å². The van der Waals surface area contributed by atoms with Crippen LogP contribution in [-0.2, 0) is 6.54 Å². The molecule has 0 saturated heterocycles. The molecule has 1 aromatic carbocycles. The van der Waals surface area contributed by atoms with Gasteiger partial charge in [-0.25, -0.2) is 9.18 Å². The van der Waals surface area contributed by atoms with Gasteiger partial charge in [-0.15, -0.1) is 0 Å². The number of carbonyl (C=O) groups is 1. The molecule has 0 atom stereocenters. The molecule has 0 bridgehead atoms. The van der Waals surface area contributed by atoms with E-state index in [-0.39, 0.29) is 11.3 Å². The Hall–Kier alpha value is -1.88. The van der Waals surface area contributed by atoms with E-state index in [0.717, 1.165) is 18.7 Å². The smallest absolute Gasteiger partial charge is 0.372 e. The Kier molecular flexibility index (Phi) is 4.09. The van der Waals surface area contributed by atoms with E-state index in [1.807, 2.05) is 19.9 Å². The summed E-state index contributed by atoms with van der Waals surface area (Å²) in [6.45, 7) is 8.11. The van der Waals surface area contributed by atoms with Gasteiger partial charge in [0.2, 0.25) is 5.76 Å². The summed E-state index contributed by atoms with van der Waals surface area (Å²) in [6.07, 6.45) is 0. The lowest BCUT2D eigenvalue weighted by Crippen LogP contribution is -2.22. The fourth-order valence-corrected chi connectivity index (χ4v) is 2.33. The average molecular weight is 279 g/mol. The van der Waals surface area contributed by atoms with Gasteiger partial charge >= 0.3 is 5.97 Å². The Labute approximate surface area is 116 Å². The first-order valence-electron chi connectivity index (χ1n) is 6.65. The maximum absolute atomic E-state index is 14.1. The van der Waals surface area contributed by atoms with E-state index in [1.165, 1.54) is 6.07 Å². The molecule has 1 N–H and O–H groups in total. The van der Waals surface area contributed by atoms with Gasteiger partial charge in [0.1, 0.15) is 0 Å². The molecule has 0 saturated carbocycles. The van der Waals surface area contributed by atoms with Crippen LogP contribution in [0.1, 0.15) is 35.5 Å². The van der Waals surface area contributed by atoms with Crippen LogP contribution < -0.4 is 0 Å². The lowest BCUT2D eigenvalue weighted by molar-refractivity contribution is 0.0663. The number of carboxylic acids is 1. The third-order valence-corrected chi connectivity index (χ3v) is 3.55. The van der Waals surface area contributed by atoms with Crippen molar-refractivity contribution in [1.29, 1.82) is 0 Å². The van der Waals surface area contributed by atoms with Crippen molar-refractivity contribution in [1.82, 2.24) is 4.90 Å². The largest absolute Gasteiger partial charge is 0.475 e. The minimum Gasteiger partial charge on any atom is -0.475 e. The summed E-state index contributed by atoms with van der Waals surface area (Å²) in [7, 11) is 0. The highest BCUT2D eigenvalue weighted by Crippen LogP contribution is 2.29. The van der Waals surface area contributed by atoms with Gasteiger partial charge in [-0.05, 0) is 37.7 Å². The number of rotatable bonds is 5. The van der Waals surface area contributed by atoms with Crippen molar-refractivity contribution in [2.45, 2.75) is 27.3 Å². The summed E-state index contributed by atoms with van der Waals surface area (Å²) in [5.41, 5.74) is 1.30. The monoisotopic (exact) mass is 279 g/mol. The van der Waals surface area contributed by atoms with Crippen molar-refractivity contribution in [2.75, 3.05) is 13.1 Å². The number of hydrogen-bond donors (Lipinski definition) is 1. The molecule has 0 amide bonds. The van der Waals surface area contributed by atoms with Crippen molar-refractivity contribution >= 4 is 16.9 Å². The number of hydrogen-bond acceptors (Lipinski definition) is 3. The van der Waals surface area contributed by atoms with Crippen LogP contribution in [0, 0.1) is 12.7 Å². The average Bonchev–Trinajstić information content (AvgIpc) is 2.74. The fraction of sp³-hybridized carbons (Fsp3) is 0.400. The maximum Gasteiger partial charge on any atom is 0.372 e. The minimum atomic E-state index is -1.18. The third kappa shape index (κ3) is 2.54. The number of benzene rings is 1. The highest BCUT2D eigenvalue weighted by atomic mass is 19.1. The van der Waals surface area contributed by atoms with Gasteiger partial charge in [0, 0.05) is 17.5 Å². The first kappa shape index (κ1) is 14.5. The highest BCUT2D eigenvalue weighted by molar-refractivity contribution is 5.95. The van der Waals surface area contributed by atoms with Gasteiger partial charge in [-0.2, -0.15) is 0 Å². The van der Waals surface area contributed by atoms with E-state index in [0.29, 0.717) is 17.5 Å². The summed E-state index contributed by atoms with van der Waals surface area (Å²) in [6, 6.07) is 3.22. The zero-order valence-electron chi connectivity index (χ0n) is 11.9. The summed E-state index contributed by atoms with van der Waals surface area (Å²) in [5.74, 6) is -1.89. The molecule has 0 aliphatic rings. The predicted octanol–water partition coefficient (Wildman–Crippen LogP) is 3.42. The normalized spacial score (nSPS) is 11.4. The predicted molar refractivity (Wildman–Crippen MR) is 74.5 cm³/mol. The van der Waals surface area contributed by atoms with E-state index in [2.05, 4.69) is 4.90 Å². The molecule has 0 aliphatic carbocycles. The van der Waals surface area contributed by atoms with E-state index in [9.17, 15) is 9.18 Å². The fourth-order valence-electron chi connectivity index (χ4n) is 2.33. The first-order chi connectivity index (χ1) is 9.47. The second kappa shape index (κ2) is 5.63. The van der Waals surface area contributed by atoms with Crippen molar-refractivity contribution < 1.29 is 18.7 Å². The maximum atomic E-state index is 14.1. The van der Waals surface area contributed by atoms with Crippen LogP contribution in [0.2, 0.25) is 0 Å². The Balaban J connectivity index is 2.51. The second-order valence-corrected chi connectivity index (χ2v) is 4.78. The summed E-state index contributed by atoms with van der Waals surface area (Å²) < 4.78 is 19.2. The highest BCUT2D eigenvalue weighted by Gasteiger charge is 2.20. The molecular weight excluding hydrogens is 261 g/mol. The number of halogens is 1. The molecule has 0 aliphatic heterocycles. The van der Waals surface area contributed by atoms with Gasteiger partial charge in [-0.3, -0.25) is 4.90 Å². The van der Waals surface area contributed by atoms with Crippen molar-refractivity contribution in [2.24, 2.45) is 0 Å². The molecule has 2 rings (SSSR count). The second-order valence-electron chi connectivity index (χ2n) is 4.78. The van der Waals surface area contributed by atoms with E-state index in [4.69, 9.17) is 9.52 Å². The molecule has 0 spiro atoms. The Morgan fingerprint density at radius 1 is 1.35 bits per heavy atom. The molecule has 108 valence electrons. The third-order valence-electron chi connectivity index (χ3n) is 3.55. The Morgan fingerprint density at radius 3 is 2.55 bits per heavy atom. The van der Waals surface area contributed by atoms with Gasteiger partial charge in [0.25, 0.3) is 0 Å². The van der Waals surface area contributed by atoms with Gasteiger partial charge < -0.3 is 9.52 Å². The van der Waals surface area contributed by atoms with Crippen molar-refractivity contribution in [3.63, 3.8) is 0 Å². The van der Waals surface area contributed by atoms with Crippen LogP contribution in [-0.4, -0.2) is 29.1 Å². The van der Waals surface area contributed by atoms with Crippen LogP contribution in [0.5, 0.6) is 0 Å². The van der Waals surface area contributed by atoms with Crippen LogP contribution in [0.4, 0.5) is 4.39 Å². The zero-order chi connectivity index (χ0) is 14.9. The summed E-state index contributed by atoms with van der Waals surface area (Å²) in [5, 5.41) is 9.56. The summed E-state index contributed by atoms with van der Waals surface area (Å²) >= 11 is 0. The molecule has 20 heavy (non-hydrogen) atoms. The molecule has 0 unspecified atom stereocenters. The van der Waals surface area contributed by atoms with Gasteiger partial charge in [0.05, 0.1) is 0 Å². The van der Waals surface area contributed by atoms with Crippen LogP contribution in [0.15, 0.2) is 16.5 Å². The molecule has 2 aromatic rings. The topological polar surface area (TPSA) is 53.7 Å². The summed E-state index contributed by atoms with van der Waals surface area (Å²) in [4.78, 5) is 13.2. The number of fused-ring (bicyclic) bond motifs is 1. The number of furan rings is 1. The molecule has 1 heterocycles. The lowest BCUT2D eigenvalue weighted by Gasteiger charge is -2.18. The number of aryl methyl sites for hydroxylation is 1. The quantitative estimate of drug-likeness (QED) is 0.911. The molecule has 4 nitrogen and oxygen atoms in total. The number of nitrogens with zero attached hydrogens (tertiary/aromatic N) is 1. The minimum absolute atomic E-state index is 0.0168. The first-order valence-corrected chi connectivity index (χ1v) is 6.65. The van der Waals surface area contributed by atoms with E-state index in [1.54, 1.807) is 6.92 Å². The Bertz CT molecular complexity index is 644. The molecular formula is C15H18FNO3. The van der Waals surface area contributed by atoms with Gasteiger partial charge in [-0.1, -0.05) is 13.8 Å². The van der Waals surface area contributed by atoms with Gasteiger partial charge in [0.15, 0.2) is 11.4 Å². The lowest BCUT2D eigenvalue weighted by atomic mass is 10.1. The molecule has 5 heteroatoms. The standard InChI is InChI=1S/C15H18FNO3/c1-4-17(5-2)8-10-6-11-9(3)13(15(18)19)20-14(11)12(16)7-10/h6-7H,4-5,8H2,1-3H3,(H,18,19). The van der Waals surface area contributed by atoms with Crippen LogP contribution in [0.3, 0.4) is 0 Å². The van der Waals surface area contributed by atoms with Crippen LogP contribution in [0.25, 0.3) is 11.0 Å². The zero-order valence-corrected chi connectivity index (χ0v) is 11.9. The number of carboxylic acid groups (broad SMARTS) is 1.